The minimum absolute atomic E-state index is 0.328. The van der Waals surface area contributed by atoms with E-state index in [1.807, 2.05) is 0 Å². The van der Waals surface area contributed by atoms with Crippen molar-refractivity contribution in [2.24, 2.45) is 4.99 Å². The zero-order chi connectivity index (χ0) is 13.1. The number of nitrogens with one attached hydrogen (secondary N) is 1. The van der Waals surface area contributed by atoms with Crippen molar-refractivity contribution >= 4 is 22.6 Å². The molecule has 1 N–H and O–H groups in total. The van der Waals surface area contributed by atoms with Gasteiger partial charge >= 0.3 is 0 Å². The first-order chi connectivity index (χ1) is 9.38. The number of benzene rings is 2. The van der Waals surface area contributed by atoms with Gasteiger partial charge < -0.3 is 5.32 Å². The van der Waals surface area contributed by atoms with Crippen molar-refractivity contribution in [3.8, 4) is 0 Å². The minimum Gasteiger partial charge on any atom is -0.335 e. The summed E-state index contributed by atoms with van der Waals surface area (Å²) < 4.78 is 0. The highest BCUT2D eigenvalue weighted by molar-refractivity contribution is 8.13. The molecule has 1 heterocycles. The smallest absolute Gasteiger partial charge is 0.160 e. The van der Waals surface area contributed by atoms with Crippen LogP contribution in [0.4, 0.5) is 5.69 Å². The zero-order valence-corrected chi connectivity index (χ0v) is 11.7. The van der Waals surface area contributed by atoms with E-state index >= 15 is 0 Å². The quantitative estimate of drug-likeness (QED) is 0.846. The third-order valence-corrected chi connectivity index (χ3v) is 4.01. The zero-order valence-electron chi connectivity index (χ0n) is 10.8. The molecule has 1 atom stereocenters. The van der Waals surface area contributed by atoms with Crippen molar-refractivity contribution in [2.75, 3.05) is 18.1 Å². The van der Waals surface area contributed by atoms with Gasteiger partial charge in [0.05, 0.1) is 6.54 Å². The average Bonchev–Trinajstić information content (AvgIpc) is 2.67. The first kappa shape index (κ1) is 12.3. The normalized spacial score (nSPS) is 17.9. The fourth-order valence-electron chi connectivity index (χ4n) is 2.43. The Kier molecular flexibility index (Phi) is 3.56. The van der Waals surface area contributed by atoms with Crippen molar-refractivity contribution < 1.29 is 0 Å². The topological polar surface area (TPSA) is 24.4 Å². The average molecular weight is 268 g/mol. The van der Waals surface area contributed by atoms with Crippen LogP contribution in [0.5, 0.6) is 0 Å². The second kappa shape index (κ2) is 5.49. The number of rotatable bonds is 1. The van der Waals surface area contributed by atoms with E-state index in [1.54, 1.807) is 11.8 Å². The van der Waals surface area contributed by atoms with Gasteiger partial charge in [-0.3, -0.25) is 4.99 Å². The molecule has 0 spiro atoms. The van der Waals surface area contributed by atoms with E-state index in [9.17, 15) is 0 Å². The lowest BCUT2D eigenvalue weighted by molar-refractivity contribution is 0.830. The van der Waals surface area contributed by atoms with Crippen molar-refractivity contribution in [3.05, 3.63) is 65.7 Å². The Morgan fingerprint density at radius 2 is 1.79 bits per heavy atom. The Bertz CT molecular complexity index is 593. The first-order valence-corrected chi connectivity index (χ1v) is 7.60. The molecule has 19 heavy (non-hydrogen) atoms. The highest BCUT2D eigenvalue weighted by atomic mass is 32.2. The van der Waals surface area contributed by atoms with Crippen molar-refractivity contribution in [1.29, 1.82) is 0 Å². The summed E-state index contributed by atoms with van der Waals surface area (Å²) in [6, 6.07) is 19.1. The molecule has 0 saturated carbocycles. The van der Waals surface area contributed by atoms with E-state index < -0.39 is 0 Å². The molecular formula is C16H16N2S. The van der Waals surface area contributed by atoms with Crippen LogP contribution >= 0.6 is 11.8 Å². The fraction of sp³-hybridized carbons (Fsp3) is 0.188. The summed E-state index contributed by atoms with van der Waals surface area (Å²) in [6.07, 6.45) is 2.05. The number of aliphatic imine (C=N–C) groups is 1. The van der Waals surface area contributed by atoms with Gasteiger partial charge in [0.1, 0.15) is 0 Å². The molecule has 1 aliphatic rings. The van der Waals surface area contributed by atoms with E-state index in [0.717, 1.165) is 11.7 Å². The van der Waals surface area contributed by atoms with Crippen molar-refractivity contribution in [3.63, 3.8) is 0 Å². The number of nitrogens with zero attached hydrogens (tertiary/aromatic N) is 1. The Balaban J connectivity index is 2.07. The van der Waals surface area contributed by atoms with Gasteiger partial charge in [0.15, 0.2) is 5.17 Å². The highest BCUT2D eigenvalue weighted by Crippen LogP contribution is 2.33. The third kappa shape index (κ3) is 2.51. The molecule has 0 fully saturated rings. The second-order valence-corrected chi connectivity index (χ2v) is 5.32. The number of amidine groups is 1. The van der Waals surface area contributed by atoms with Gasteiger partial charge in [-0.15, -0.1) is 0 Å². The summed E-state index contributed by atoms with van der Waals surface area (Å²) in [5.41, 5.74) is 3.81. The molecule has 96 valence electrons. The van der Waals surface area contributed by atoms with E-state index in [1.165, 1.54) is 16.8 Å². The number of para-hydroxylation sites is 1. The summed E-state index contributed by atoms with van der Waals surface area (Å²) >= 11 is 1.66. The molecule has 2 aromatic rings. The van der Waals surface area contributed by atoms with Crippen LogP contribution in [0, 0.1) is 0 Å². The number of thioether (sulfide) groups is 1. The SMILES string of the molecule is CSC1=NCC(c2ccccc2)c2ccccc2N1. The molecule has 0 saturated heterocycles. The van der Waals surface area contributed by atoms with E-state index in [4.69, 9.17) is 0 Å². The molecule has 0 amide bonds. The lowest BCUT2D eigenvalue weighted by Gasteiger charge is -2.16. The maximum absolute atomic E-state index is 4.68. The van der Waals surface area contributed by atoms with Gasteiger partial charge in [-0.05, 0) is 23.4 Å². The Morgan fingerprint density at radius 3 is 2.58 bits per heavy atom. The predicted octanol–water partition coefficient (Wildman–Crippen LogP) is 3.96. The van der Waals surface area contributed by atoms with Gasteiger partial charge in [0.2, 0.25) is 0 Å². The Hall–Kier alpha value is -1.74. The third-order valence-electron chi connectivity index (χ3n) is 3.39. The van der Waals surface area contributed by atoms with Gasteiger partial charge in [-0.1, -0.05) is 60.3 Å². The van der Waals surface area contributed by atoms with Crippen LogP contribution in [0.1, 0.15) is 17.0 Å². The molecule has 3 rings (SSSR count). The van der Waals surface area contributed by atoms with E-state index in [0.29, 0.717) is 5.92 Å². The Labute approximate surface area is 118 Å². The van der Waals surface area contributed by atoms with Crippen LogP contribution in [0.2, 0.25) is 0 Å². The highest BCUT2D eigenvalue weighted by Gasteiger charge is 2.20. The second-order valence-electron chi connectivity index (χ2n) is 4.53. The number of hydrogen-bond donors (Lipinski definition) is 1. The van der Waals surface area contributed by atoms with Gasteiger partial charge in [-0.25, -0.2) is 0 Å². The summed E-state index contributed by atoms with van der Waals surface area (Å²) in [5.74, 6) is 0.328. The van der Waals surface area contributed by atoms with E-state index in [-0.39, 0.29) is 0 Å². The lowest BCUT2D eigenvalue weighted by atomic mass is 9.90. The molecule has 2 aromatic carbocycles. The number of anilines is 1. The first-order valence-electron chi connectivity index (χ1n) is 6.38. The van der Waals surface area contributed by atoms with E-state index in [2.05, 4.69) is 71.2 Å². The van der Waals surface area contributed by atoms with Crippen LogP contribution in [0.15, 0.2) is 59.6 Å². The van der Waals surface area contributed by atoms with Crippen LogP contribution in [-0.2, 0) is 0 Å². The monoisotopic (exact) mass is 268 g/mol. The van der Waals surface area contributed by atoms with Gasteiger partial charge in [0.25, 0.3) is 0 Å². The molecule has 3 heteroatoms. The molecule has 1 unspecified atom stereocenters. The van der Waals surface area contributed by atoms with Crippen LogP contribution in [-0.4, -0.2) is 18.0 Å². The molecule has 2 nitrogen and oxygen atoms in total. The minimum atomic E-state index is 0.328. The molecule has 0 aromatic heterocycles. The van der Waals surface area contributed by atoms with Gasteiger partial charge in [0, 0.05) is 11.6 Å². The predicted molar refractivity (Wildman–Crippen MR) is 84.2 cm³/mol. The fourth-order valence-corrected chi connectivity index (χ4v) is 2.84. The standard InChI is InChI=1S/C16H16N2S/c1-19-16-17-11-14(12-7-3-2-4-8-12)13-9-5-6-10-15(13)18-16/h2-10,14H,11H2,1H3,(H,17,18). The summed E-state index contributed by atoms with van der Waals surface area (Å²) in [5, 5.41) is 4.41. The molecule has 1 aliphatic heterocycles. The maximum atomic E-state index is 4.68. The van der Waals surface area contributed by atoms with Crippen LogP contribution in [0.25, 0.3) is 0 Å². The summed E-state index contributed by atoms with van der Waals surface area (Å²) in [7, 11) is 0. The largest absolute Gasteiger partial charge is 0.335 e. The number of hydrogen-bond acceptors (Lipinski definition) is 3. The maximum Gasteiger partial charge on any atom is 0.160 e. The molecular weight excluding hydrogens is 252 g/mol. The molecule has 0 aliphatic carbocycles. The number of fused-ring (bicyclic) bond motifs is 1. The van der Waals surface area contributed by atoms with Crippen LogP contribution in [0.3, 0.4) is 0 Å². The summed E-state index contributed by atoms with van der Waals surface area (Å²) in [6.45, 7) is 0.796. The molecule has 0 bridgehead atoms. The molecule has 0 radical (unpaired) electrons. The van der Waals surface area contributed by atoms with Crippen molar-refractivity contribution in [1.82, 2.24) is 0 Å². The lowest BCUT2D eigenvalue weighted by Crippen LogP contribution is -2.06. The van der Waals surface area contributed by atoms with Crippen molar-refractivity contribution in [2.45, 2.75) is 5.92 Å². The van der Waals surface area contributed by atoms with Gasteiger partial charge in [-0.2, -0.15) is 0 Å². The Morgan fingerprint density at radius 1 is 1.05 bits per heavy atom. The van der Waals surface area contributed by atoms with Crippen LogP contribution < -0.4 is 5.32 Å². The summed E-state index contributed by atoms with van der Waals surface area (Å²) in [4.78, 5) is 4.68.